The summed E-state index contributed by atoms with van der Waals surface area (Å²) in [5.41, 5.74) is -2.19. The Kier molecular flexibility index (Phi) is 5.69. The van der Waals surface area contributed by atoms with Crippen LogP contribution in [-0.2, 0) is 15.8 Å². The summed E-state index contributed by atoms with van der Waals surface area (Å²) < 4.78 is 53.8. The number of pyridine rings is 2. The lowest BCUT2D eigenvalue weighted by atomic mass is 10.1. The van der Waals surface area contributed by atoms with Crippen LogP contribution in [0.15, 0.2) is 30.6 Å². The van der Waals surface area contributed by atoms with Crippen LogP contribution in [0.2, 0.25) is 0 Å². The highest BCUT2D eigenvalue weighted by atomic mass is 19.4. The minimum absolute atomic E-state index is 0.0391. The van der Waals surface area contributed by atoms with Gasteiger partial charge in [-0.05, 0) is 18.2 Å². The number of halogens is 4. The molecule has 2 heterocycles. The lowest BCUT2D eigenvalue weighted by Gasteiger charge is -2.23. The van der Waals surface area contributed by atoms with Gasteiger partial charge in [-0.25, -0.2) is 14.3 Å². The molecule has 138 valence electrons. The summed E-state index contributed by atoms with van der Waals surface area (Å²) in [6.07, 6.45) is -3.16. The molecular formula is C17H15F4N3O2. The monoisotopic (exact) mass is 369 g/mol. The van der Waals surface area contributed by atoms with E-state index in [1.165, 1.54) is 19.9 Å². The zero-order chi connectivity index (χ0) is 19.5. The maximum absolute atomic E-state index is 13.5. The normalized spacial score (nSPS) is 11.3. The number of nitrogens with zero attached hydrogens (tertiary/aromatic N) is 3. The molecule has 26 heavy (non-hydrogen) atoms. The second-order valence-corrected chi connectivity index (χ2v) is 5.28. The van der Waals surface area contributed by atoms with E-state index >= 15 is 0 Å². The van der Waals surface area contributed by atoms with Crippen LogP contribution in [0.5, 0.6) is 0 Å². The van der Waals surface area contributed by atoms with Crippen molar-refractivity contribution in [3.8, 4) is 11.3 Å². The molecule has 2 aromatic rings. The van der Waals surface area contributed by atoms with Crippen LogP contribution in [-0.4, -0.2) is 21.8 Å². The highest BCUT2D eigenvalue weighted by molar-refractivity contribution is 6.15. The van der Waals surface area contributed by atoms with Gasteiger partial charge in [-0.3, -0.25) is 14.6 Å². The van der Waals surface area contributed by atoms with Gasteiger partial charge in [0.1, 0.15) is 5.82 Å². The second kappa shape index (κ2) is 7.59. The van der Waals surface area contributed by atoms with Crippen LogP contribution in [0.3, 0.4) is 0 Å². The van der Waals surface area contributed by atoms with Gasteiger partial charge in [-0.2, -0.15) is 13.2 Å². The van der Waals surface area contributed by atoms with E-state index in [4.69, 9.17) is 0 Å². The molecular weight excluding hydrogens is 354 g/mol. The van der Waals surface area contributed by atoms with E-state index in [0.717, 1.165) is 24.5 Å². The number of carbonyl (C=O) groups excluding carboxylic acids is 2. The van der Waals surface area contributed by atoms with Crippen molar-refractivity contribution in [3.63, 3.8) is 0 Å². The van der Waals surface area contributed by atoms with E-state index in [1.807, 2.05) is 0 Å². The lowest BCUT2D eigenvalue weighted by molar-refractivity contribution is -0.140. The van der Waals surface area contributed by atoms with Gasteiger partial charge in [0.15, 0.2) is 5.69 Å². The molecule has 0 spiro atoms. The maximum Gasteiger partial charge on any atom is 0.435 e. The Balaban J connectivity index is 2.67. The molecule has 0 fully saturated rings. The summed E-state index contributed by atoms with van der Waals surface area (Å²) in [7, 11) is 0. The number of hydrogen-bond acceptors (Lipinski definition) is 4. The van der Waals surface area contributed by atoms with Gasteiger partial charge >= 0.3 is 6.18 Å². The molecule has 0 aliphatic carbocycles. The van der Waals surface area contributed by atoms with Crippen LogP contribution < -0.4 is 4.90 Å². The van der Waals surface area contributed by atoms with Gasteiger partial charge in [-0.1, -0.05) is 13.8 Å². The number of anilines is 1. The van der Waals surface area contributed by atoms with Crippen LogP contribution >= 0.6 is 0 Å². The van der Waals surface area contributed by atoms with E-state index in [2.05, 4.69) is 9.97 Å². The van der Waals surface area contributed by atoms with Gasteiger partial charge in [0, 0.05) is 24.6 Å². The third-order valence-corrected chi connectivity index (χ3v) is 3.49. The van der Waals surface area contributed by atoms with Gasteiger partial charge in [0.2, 0.25) is 11.8 Å². The van der Waals surface area contributed by atoms with E-state index in [1.54, 1.807) is 0 Å². The first-order chi connectivity index (χ1) is 12.2. The summed E-state index contributed by atoms with van der Waals surface area (Å²) in [5.74, 6) is -2.28. The standard InChI is InChI=1S/C17H15F4N3O2/c1-3-14(25)24(15(26)4-2)13-6-5-12(23-16(13)17(19,20)21)10-7-11(18)9-22-8-10/h5-9H,3-4H2,1-2H3. The van der Waals surface area contributed by atoms with E-state index in [-0.39, 0.29) is 24.1 Å². The summed E-state index contributed by atoms with van der Waals surface area (Å²) in [4.78, 5) is 31.7. The zero-order valence-corrected chi connectivity index (χ0v) is 14.0. The van der Waals surface area contributed by atoms with Gasteiger partial charge in [0.05, 0.1) is 17.6 Å². The number of imide groups is 1. The molecule has 0 N–H and O–H groups in total. The number of rotatable bonds is 4. The van der Waals surface area contributed by atoms with Crippen LogP contribution in [0.1, 0.15) is 32.4 Å². The number of alkyl halides is 3. The fourth-order valence-electron chi connectivity index (χ4n) is 2.28. The minimum atomic E-state index is -4.92. The third kappa shape index (κ3) is 4.04. The first-order valence-corrected chi connectivity index (χ1v) is 7.74. The molecule has 0 atom stereocenters. The topological polar surface area (TPSA) is 63.2 Å². The number of carbonyl (C=O) groups is 2. The zero-order valence-electron chi connectivity index (χ0n) is 14.0. The van der Waals surface area contributed by atoms with Crippen LogP contribution in [0.25, 0.3) is 11.3 Å². The van der Waals surface area contributed by atoms with Crippen molar-refractivity contribution >= 4 is 17.5 Å². The van der Waals surface area contributed by atoms with Crippen molar-refractivity contribution in [1.82, 2.24) is 9.97 Å². The molecule has 5 nitrogen and oxygen atoms in total. The Bertz CT molecular complexity index is 821. The highest BCUT2D eigenvalue weighted by Crippen LogP contribution is 2.37. The molecule has 0 aliphatic rings. The molecule has 0 aromatic carbocycles. The smallest absolute Gasteiger partial charge is 0.274 e. The fourth-order valence-corrected chi connectivity index (χ4v) is 2.28. The van der Waals surface area contributed by atoms with Gasteiger partial charge in [-0.15, -0.1) is 0 Å². The van der Waals surface area contributed by atoms with Crippen molar-refractivity contribution in [1.29, 1.82) is 0 Å². The first-order valence-electron chi connectivity index (χ1n) is 7.74. The maximum atomic E-state index is 13.5. The predicted octanol–water partition coefficient (Wildman–Crippen LogP) is 3.98. The fraction of sp³-hybridized carbons (Fsp3) is 0.294. The summed E-state index contributed by atoms with van der Waals surface area (Å²) in [6.45, 7) is 2.87. The Morgan fingerprint density at radius 1 is 1.08 bits per heavy atom. The molecule has 9 heteroatoms. The molecule has 0 aliphatic heterocycles. The van der Waals surface area contributed by atoms with Crippen LogP contribution in [0.4, 0.5) is 23.2 Å². The SMILES string of the molecule is CCC(=O)N(C(=O)CC)c1ccc(-c2cncc(F)c2)nc1C(F)(F)F. The molecule has 0 saturated carbocycles. The first kappa shape index (κ1) is 19.5. The largest absolute Gasteiger partial charge is 0.435 e. The van der Waals surface area contributed by atoms with Crippen LogP contribution in [0, 0.1) is 5.82 Å². The molecule has 0 unspecified atom stereocenters. The van der Waals surface area contributed by atoms with E-state index < -0.39 is 35.2 Å². The quantitative estimate of drug-likeness (QED) is 0.765. The Hall–Kier alpha value is -2.84. The Morgan fingerprint density at radius 2 is 1.69 bits per heavy atom. The van der Waals surface area contributed by atoms with Crippen molar-refractivity contribution in [3.05, 3.63) is 42.1 Å². The van der Waals surface area contributed by atoms with Crippen molar-refractivity contribution in [2.45, 2.75) is 32.9 Å². The molecule has 2 amide bonds. The van der Waals surface area contributed by atoms with Crippen molar-refractivity contribution in [2.24, 2.45) is 0 Å². The van der Waals surface area contributed by atoms with Crippen molar-refractivity contribution < 1.29 is 27.2 Å². The van der Waals surface area contributed by atoms with Gasteiger partial charge < -0.3 is 0 Å². The minimum Gasteiger partial charge on any atom is -0.274 e. The van der Waals surface area contributed by atoms with Gasteiger partial charge in [0.25, 0.3) is 0 Å². The lowest BCUT2D eigenvalue weighted by Crippen LogP contribution is -2.37. The Labute approximate surface area is 146 Å². The van der Waals surface area contributed by atoms with E-state index in [9.17, 15) is 27.2 Å². The summed E-state index contributed by atoms with van der Waals surface area (Å²) in [6, 6.07) is 3.15. The summed E-state index contributed by atoms with van der Waals surface area (Å²) in [5, 5.41) is 0. The number of amides is 2. The molecule has 0 radical (unpaired) electrons. The summed E-state index contributed by atoms with van der Waals surface area (Å²) >= 11 is 0. The molecule has 2 rings (SSSR count). The average Bonchev–Trinajstić information content (AvgIpc) is 2.60. The van der Waals surface area contributed by atoms with E-state index in [0.29, 0.717) is 4.90 Å². The Morgan fingerprint density at radius 3 is 2.19 bits per heavy atom. The number of aromatic nitrogens is 2. The average molecular weight is 369 g/mol. The molecule has 0 saturated heterocycles. The molecule has 2 aromatic heterocycles. The predicted molar refractivity (Wildman–Crippen MR) is 85.5 cm³/mol. The third-order valence-electron chi connectivity index (χ3n) is 3.49. The number of hydrogen-bond donors (Lipinski definition) is 0. The molecule has 0 bridgehead atoms. The van der Waals surface area contributed by atoms with Crippen molar-refractivity contribution in [2.75, 3.05) is 4.90 Å². The second-order valence-electron chi connectivity index (χ2n) is 5.28. The highest BCUT2D eigenvalue weighted by Gasteiger charge is 2.39.